The van der Waals surface area contributed by atoms with E-state index in [1.54, 1.807) is 0 Å². The fraction of sp³-hybridized carbons (Fsp3) is 0.316. The molecule has 0 aliphatic carbocycles. The third-order valence-electron chi connectivity index (χ3n) is 4.04. The van der Waals surface area contributed by atoms with Crippen LogP contribution in [0, 0.1) is 0 Å². The number of piperidine rings is 1. The van der Waals surface area contributed by atoms with Gasteiger partial charge in [0.2, 0.25) is 5.91 Å². The first kappa shape index (κ1) is 14.6. The molecule has 0 atom stereocenters. The molecule has 2 aromatic carbocycles. The third kappa shape index (κ3) is 3.88. The maximum atomic E-state index is 12.3. The molecule has 22 heavy (non-hydrogen) atoms. The van der Waals surface area contributed by atoms with Crippen molar-refractivity contribution >= 4 is 5.91 Å². The lowest BCUT2D eigenvalue weighted by molar-refractivity contribution is -0.132. The average Bonchev–Trinajstić information content (AvgIpc) is 2.57. The molecule has 0 unspecified atom stereocenters. The van der Waals surface area contributed by atoms with Crippen LogP contribution in [0.2, 0.25) is 0 Å². The number of likely N-dealkylation sites (tertiary alicyclic amines) is 1. The van der Waals surface area contributed by atoms with Crippen molar-refractivity contribution < 1.29 is 9.53 Å². The second kappa shape index (κ2) is 7.12. The quantitative estimate of drug-likeness (QED) is 0.866. The predicted octanol–water partition coefficient (Wildman–Crippen LogP) is 3.30. The molecule has 0 radical (unpaired) electrons. The average molecular weight is 295 g/mol. The molecule has 0 N–H and O–H groups in total. The number of hydrogen-bond acceptors (Lipinski definition) is 2. The summed E-state index contributed by atoms with van der Waals surface area (Å²) in [6.45, 7) is 1.56. The molecular formula is C19H21NO2. The van der Waals surface area contributed by atoms with Crippen LogP contribution in [0.4, 0.5) is 0 Å². The molecule has 3 rings (SSSR count). The summed E-state index contributed by atoms with van der Waals surface area (Å²) < 4.78 is 5.96. The number of para-hydroxylation sites is 1. The van der Waals surface area contributed by atoms with Crippen LogP contribution < -0.4 is 4.74 Å². The van der Waals surface area contributed by atoms with E-state index in [4.69, 9.17) is 4.74 Å². The summed E-state index contributed by atoms with van der Waals surface area (Å²) >= 11 is 0. The molecule has 0 bridgehead atoms. The summed E-state index contributed by atoms with van der Waals surface area (Å²) in [6.07, 6.45) is 2.50. The Hall–Kier alpha value is -2.29. The predicted molar refractivity (Wildman–Crippen MR) is 86.8 cm³/mol. The minimum atomic E-state index is 0.211. The minimum Gasteiger partial charge on any atom is -0.490 e. The van der Waals surface area contributed by atoms with E-state index in [0.717, 1.165) is 37.2 Å². The van der Waals surface area contributed by atoms with Crippen LogP contribution in [-0.2, 0) is 11.2 Å². The smallest absolute Gasteiger partial charge is 0.226 e. The Morgan fingerprint density at radius 3 is 2.18 bits per heavy atom. The van der Waals surface area contributed by atoms with Crippen molar-refractivity contribution in [3.63, 3.8) is 0 Å². The number of nitrogens with zero attached hydrogens (tertiary/aromatic N) is 1. The van der Waals surface area contributed by atoms with Crippen LogP contribution in [0.5, 0.6) is 5.75 Å². The highest BCUT2D eigenvalue weighted by Crippen LogP contribution is 2.19. The van der Waals surface area contributed by atoms with Gasteiger partial charge in [-0.3, -0.25) is 4.79 Å². The molecular weight excluding hydrogens is 274 g/mol. The van der Waals surface area contributed by atoms with Crippen LogP contribution in [0.1, 0.15) is 18.4 Å². The molecule has 1 aliphatic rings. The van der Waals surface area contributed by atoms with Crippen molar-refractivity contribution in [3.05, 3.63) is 66.2 Å². The maximum absolute atomic E-state index is 12.3. The van der Waals surface area contributed by atoms with Gasteiger partial charge in [-0.05, 0) is 17.7 Å². The molecule has 3 heteroatoms. The monoisotopic (exact) mass is 295 g/mol. The lowest BCUT2D eigenvalue weighted by atomic mass is 10.1. The van der Waals surface area contributed by atoms with Gasteiger partial charge >= 0.3 is 0 Å². The molecule has 0 spiro atoms. The van der Waals surface area contributed by atoms with Crippen molar-refractivity contribution in [3.8, 4) is 5.75 Å². The fourth-order valence-electron chi connectivity index (χ4n) is 2.80. The van der Waals surface area contributed by atoms with E-state index in [-0.39, 0.29) is 12.0 Å². The second-order valence-corrected chi connectivity index (χ2v) is 5.67. The number of carbonyl (C=O) groups excluding carboxylic acids is 1. The van der Waals surface area contributed by atoms with E-state index in [9.17, 15) is 4.79 Å². The highest BCUT2D eigenvalue weighted by molar-refractivity contribution is 5.78. The molecule has 3 nitrogen and oxygen atoms in total. The van der Waals surface area contributed by atoms with Crippen LogP contribution >= 0.6 is 0 Å². The standard InChI is InChI=1S/C19H21NO2/c21-19(15-16-7-3-1-4-8-16)20-13-11-18(12-14-20)22-17-9-5-2-6-10-17/h1-10,18H,11-15H2. The first-order chi connectivity index (χ1) is 10.8. The largest absolute Gasteiger partial charge is 0.490 e. The molecule has 114 valence electrons. The summed E-state index contributed by atoms with van der Waals surface area (Å²) in [5, 5.41) is 0. The van der Waals surface area contributed by atoms with Gasteiger partial charge in [0.25, 0.3) is 0 Å². The van der Waals surface area contributed by atoms with Crippen LogP contribution in [-0.4, -0.2) is 30.0 Å². The van der Waals surface area contributed by atoms with Crippen molar-refractivity contribution in [2.24, 2.45) is 0 Å². The Labute approximate surface area is 131 Å². The van der Waals surface area contributed by atoms with Gasteiger partial charge in [-0.15, -0.1) is 0 Å². The Bertz CT molecular complexity index is 589. The van der Waals surface area contributed by atoms with Gasteiger partial charge in [0, 0.05) is 25.9 Å². The zero-order chi connectivity index (χ0) is 15.2. The van der Waals surface area contributed by atoms with E-state index in [2.05, 4.69) is 0 Å². The first-order valence-electron chi connectivity index (χ1n) is 7.84. The van der Waals surface area contributed by atoms with Gasteiger partial charge in [-0.2, -0.15) is 0 Å². The van der Waals surface area contributed by atoms with Crippen LogP contribution in [0.3, 0.4) is 0 Å². The van der Waals surface area contributed by atoms with Gasteiger partial charge in [-0.1, -0.05) is 48.5 Å². The lowest BCUT2D eigenvalue weighted by Gasteiger charge is -2.32. The lowest BCUT2D eigenvalue weighted by Crippen LogP contribution is -2.42. The molecule has 1 amide bonds. The zero-order valence-corrected chi connectivity index (χ0v) is 12.7. The summed E-state index contributed by atoms with van der Waals surface area (Å²) in [4.78, 5) is 14.3. The normalized spacial score (nSPS) is 15.5. The number of ether oxygens (including phenoxy) is 1. The molecule has 1 fully saturated rings. The van der Waals surface area contributed by atoms with Crippen LogP contribution in [0.25, 0.3) is 0 Å². The van der Waals surface area contributed by atoms with Crippen molar-refractivity contribution in [2.75, 3.05) is 13.1 Å². The van der Waals surface area contributed by atoms with E-state index in [1.807, 2.05) is 65.6 Å². The first-order valence-corrected chi connectivity index (χ1v) is 7.84. The molecule has 1 saturated heterocycles. The number of amides is 1. The van der Waals surface area contributed by atoms with Crippen molar-refractivity contribution in [2.45, 2.75) is 25.4 Å². The zero-order valence-electron chi connectivity index (χ0n) is 12.7. The minimum absolute atomic E-state index is 0.211. The molecule has 2 aromatic rings. The summed E-state index contributed by atoms with van der Waals surface area (Å²) in [6, 6.07) is 19.8. The van der Waals surface area contributed by atoms with Gasteiger partial charge in [0.15, 0.2) is 0 Å². The number of carbonyl (C=O) groups is 1. The SMILES string of the molecule is O=C(Cc1ccccc1)N1CCC(Oc2ccccc2)CC1. The van der Waals surface area contributed by atoms with Gasteiger partial charge in [0.05, 0.1) is 6.42 Å². The van der Waals surface area contributed by atoms with Crippen molar-refractivity contribution in [1.82, 2.24) is 4.90 Å². The fourth-order valence-corrected chi connectivity index (χ4v) is 2.80. The topological polar surface area (TPSA) is 29.5 Å². The number of benzene rings is 2. The Morgan fingerprint density at radius 2 is 1.55 bits per heavy atom. The van der Waals surface area contributed by atoms with E-state index in [0.29, 0.717) is 6.42 Å². The van der Waals surface area contributed by atoms with E-state index < -0.39 is 0 Å². The molecule has 1 heterocycles. The maximum Gasteiger partial charge on any atom is 0.226 e. The molecule has 1 aliphatic heterocycles. The Kier molecular flexibility index (Phi) is 4.74. The number of hydrogen-bond donors (Lipinski definition) is 0. The third-order valence-corrected chi connectivity index (χ3v) is 4.04. The number of rotatable bonds is 4. The van der Waals surface area contributed by atoms with Crippen LogP contribution in [0.15, 0.2) is 60.7 Å². The van der Waals surface area contributed by atoms with Gasteiger partial charge < -0.3 is 9.64 Å². The Morgan fingerprint density at radius 1 is 0.955 bits per heavy atom. The summed E-state index contributed by atoms with van der Waals surface area (Å²) in [7, 11) is 0. The van der Waals surface area contributed by atoms with Gasteiger partial charge in [-0.25, -0.2) is 0 Å². The highest BCUT2D eigenvalue weighted by Gasteiger charge is 2.23. The second-order valence-electron chi connectivity index (χ2n) is 5.67. The Balaban J connectivity index is 1.48. The summed E-state index contributed by atoms with van der Waals surface area (Å²) in [5.74, 6) is 1.13. The van der Waals surface area contributed by atoms with E-state index >= 15 is 0 Å². The molecule has 0 saturated carbocycles. The highest BCUT2D eigenvalue weighted by atomic mass is 16.5. The van der Waals surface area contributed by atoms with Gasteiger partial charge in [0.1, 0.15) is 11.9 Å². The summed E-state index contributed by atoms with van der Waals surface area (Å²) in [5.41, 5.74) is 1.08. The van der Waals surface area contributed by atoms with Crippen molar-refractivity contribution in [1.29, 1.82) is 0 Å². The molecule has 0 aromatic heterocycles. The van der Waals surface area contributed by atoms with E-state index in [1.165, 1.54) is 0 Å².